The van der Waals surface area contributed by atoms with Crippen molar-refractivity contribution in [2.24, 2.45) is 5.16 Å². The summed E-state index contributed by atoms with van der Waals surface area (Å²) in [6, 6.07) is 11.7. The Bertz CT molecular complexity index is 885. The molecule has 0 N–H and O–H groups in total. The largest absolute Gasteiger partial charge is 0.435 e. The smallest absolute Gasteiger partial charge is 0.374 e. The lowest BCUT2D eigenvalue weighted by molar-refractivity contribution is -0.275. The molecule has 2 aromatic carbocycles. The van der Waals surface area contributed by atoms with Gasteiger partial charge in [-0.3, -0.25) is 0 Å². The third-order valence-electron chi connectivity index (χ3n) is 3.84. The van der Waals surface area contributed by atoms with Crippen LogP contribution in [0.1, 0.15) is 23.1 Å². The van der Waals surface area contributed by atoms with E-state index in [4.69, 9.17) is 33.3 Å². The van der Waals surface area contributed by atoms with Gasteiger partial charge < -0.3 is 4.84 Å². The SMILES string of the molecule is N#Cc1cccc(C2=NOC(c3cc(Cl)cc(Cl)c3)(C(F)(F)F)C2)c1. The standard InChI is InChI=1S/C17H9Cl2F3N2O/c18-13-5-12(6-14(19)7-13)16(17(20,21)22)8-15(24-25-16)11-3-1-2-10(4-11)9-23/h1-7H,8H2. The Labute approximate surface area is 151 Å². The second-order valence-corrected chi connectivity index (χ2v) is 6.35. The van der Waals surface area contributed by atoms with E-state index in [0.29, 0.717) is 11.1 Å². The van der Waals surface area contributed by atoms with Gasteiger partial charge in [-0.1, -0.05) is 40.5 Å². The molecule has 1 unspecified atom stereocenters. The van der Waals surface area contributed by atoms with Crippen LogP contribution in [-0.2, 0) is 10.4 Å². The van der Waals surface area contributed by atoms with Crippen LogP contribution in [0.25, 0.3) is 0 Å². The van der Waals surface area contributed by atoms with Crippen molar-refractivity contribution in [1.29, 1.82) is 5.26 Å². The van der Waals surface area contributed by atoms with Gasteiger partial charge in [0.25, 0.3) is 5.60 Å². The number of nitriles is 1. The van der Waals surface area contributed by atoms with Crippen molar-refractivity contribution in [1.82, 2.24) is 0 Å². The van der Waals surface area contributed by atoms with E-state index < -0.39 is 18.2 Å². The Hall–Kier alpha value is -2.23. The fraction of sp³-hybridized carbons (Fsp3) is 0.176. The molecule has 8 heteroatoms. The van der Waals surface area contributed by atoms with Crippen molar-refractivity contribution in [3.8, 4) is 6.07 Å². The highest BCUT2D eigenvalue weighted by atomic mass is 35.5. The number of hydrogen-bond donors (Lipinski definition) is 0. The monoisotopic (exact) mass is 384 g/mol. The highest BCUT2D eigenvalue weighted by Crippen LogP contribution is 2.49. The number of rotatable bonds is 2. The summed E-state index contributed by atoms with van der Waals surface area (Å²) in [5.41, 5.74) is -2.12. The maximum Gasteiger partial charge on any atom is 0.435 e. The molecule has 0 saturated carbocycles. The van der Waals surface area contributed by atoms with Gasteiger partial charge in [0.05, 0.1) is 17.3 Å². The Morgan fingerprint density at radius 2 is 1.80 bits per heavy atom. The average molecular weight is 385 g/mol. The lowest BCUT2D eigenvalue weighted by Gasteiger charge is -2.29. The lowest BCUT2D eigenvalue weighted by atomic mass is 9.86. The van der Waals surface area contributed by atoms with Crippen LogP contribution in [-0.4, -0.2) is 11.9 Å². The van der Waals surface area contributed by atoms with Gasteiger partial charge in [0.15, 0.2) is 0 Å². The zero-order chi connectivity index (χ0) is 18.2. The van der Waals surface area contributed by atoms with Crippen LogP contribution >= 0.6 is 23.2 Å². The molecule has 0 fully saturated rings. The normalized spacial score (nSPS) is 19.9. The maximum atomic E-state index is 13.9. The summed E-state index contributed by atoms with van der Waals surface area (Å²) in [7, 11) is 0. The van der Waals surface area contributed by atoms with E-state index in [-0.39, 0.29) is 21.3 Å². The van der Waals surface area contributed by atoms with Gasteiger partial charge in [0.2, 0.25) is 0 Å². The van der Waals surface area contributed by atoms with Gasteiger partial charge >= 0.3 is 6.18 Å². The van der Waals surface area contributed by atoms with Crippen molar-refractivity contribution in [2.75, 3.05) is 0 Å². The number of alkyl halides is 3. The van der Waals surface area contributed by atoms with Crippen LogP contribution in [0.5, 0.6) is 0 Å². The topological polar surface area (TPSA) is 45.4 Å². The van der Waals surface area contributed by atoms with Crippen molar-refractivity contribution in [3.05, 3.63) is 69.2 Å². The first-order chi connectivity index (χ1) is 11.7. The average Bonchev–Trinajstić information content (AvgIpc) is 3.00. The van der Waals surface area contributed by atoms with Crippen molar-refractivity contribution in [2.45, 2.75) is 18.2 Å². The first kappa shape index (κ1) is 17.6. The summed E-state index contributed by atoms with van der Waals surface area (Å²) >= 11 is 11.7. The summed E-state index contributed by atoms with van der Waals surface area (Å²) in [6.45, 7) is 0. The van der Waals surface area contributed by atoms with Crippen LogP contribution in [0.4, 0.5) is 13.2 Å². The molecule has 0 aliphatic carbocycles. The van der Waals surface area contributed by atoms with E-state index in [1.54, 1.807) is 18.2 Å². The molecule has 0 aromatic heterocycles. The molecule has 1 aliphatic rings. The highest BCUT2D eigenvalue weighted by molar-refractivity contribution is 6.34. The van der Waals surface area contributed by atoms with Crippen molar-refractivity contribution >= 4 is 28.9 Å². The Balaban J connectivity index is 2.05. The minimum absolute atomic E-state index is 0.0645. The summed E-state index contributed by atoms with van der Waals surface area (Å²) in [4.78, 5) is 4.90. The van der Waals surface area contributed by atoms with E-state index in [1.165, 1.54) is 12.1 Å². The summed E-state index contributed by atoms with van der Waals surface area (Å²) < 4.78 is 41.6. The van der Waals surface area contributed by atoms with E-state index in [9.17, 15) is 13.2 Å². The number of benzene rings is 2. The minimum Gasteiger partial charge on any atom is -0.374 e. The highest BCUT2D eigenvalue weighted by Gasteiger charge is 2.62. The van der Waals surface area contributed by atoms with Gasteiger partial charge in [0.1, 0.15) is 0 Å². The number of nitrogens with zero attached hydrogens (tertiary/aromatic N) is 2. The Morgan fingerprint density at radius 3 is 2.40 bits per heavy atom. The molecule has 3 rings (SSSR count). The van der Waals surface area contributed by atoms with Crippen molar-refractivity contribution < 1.29 is 18.0 Å². The van der Waals surface area contributed by atoms with Crippen LogP contribution in [0.3, 0.4) is 0 Å². The molecular formula is C17H9Cl2F3N2O. The van der Waals surface area contributed by atoms with E-state index in [1.807, 2.05) is 6.07 Å². The maximum absolute atomic E-state index is 13.9. The van der Waals surface area contributed by atoms with Gasteiger partial charge in [-0.25, -0.2) is 0 Å². The second kappa shape index (κ2) is 6.25. The summed E-state index contributed by atoms with van der Waals surface area (Å²) in [6.07, 6.45) is -5.30. The van der Waals surface area contributed by atoms with Crippen molar-refractivity contribution in [3.63, 3.8) is 0 Å². The van der Waals surface area contributed by atoms with E-state index in [0.717, 1.165) is 12.1 Å². The molecule has 0 spiro atoms. The number of oxime groups is 1. The summed E-state index contributed by atoms with van der Waals surface area (Å²) in [5, 5.41) is 12.7. The van der Waals surface area contributed by atoms with Gasteiger partial charge in [-0.2, -0.15) is 18.4 Å². The van der Waals surface area contributed by atoms with Gasteiger partial charge in [0, 0.05) is 27.6 Å². The second-order valence-electron chi connectivity index (χ2n) is 5.48. The molecular weight excluding hydrogens is 376 g/mol. The van der Waals surface area contributed by atoms with E-state index >= 15 is 0 Å². The predicted octanol–water partition coefficient (Wildman–Crippen LogP) is 5.45. The van der Waals surface area contributed by atoms with Crippen LogP contribution < -0.4 is 0 Å². The lowest BCUT2D eigenvalue weighted by Crippen LogP contribution is -2.42. The Morgan fingerprint density at radius 1 is 1.12 bits per heavy atom. The van der Waals surface area contributed by atoms with Crippen LogP contribution in [0.2, 0.25) is 10.0 Å². The molecule has 128 valence electrons. The van der Waals surface area contributed by atoms with Gasteiger partial charge in [-0.15, -0.1) is 0 Å². The molecule has 3 nitrogen and oxygen atoms in total. The predicted molar refractivity (Wildman–Crippen MR) is 87.6 cm³/mol. The molecule has 0 amide bonds. The molecule has 0 bridgehead atoms. The minimum atomic E-state index is -4.75. The van der Waals surface area contributed by atoms with Gasteiger partial charge in [-0.05, 0) is 30.3 Å². The van der Waals surface area contributed by atoms with E-state index in [2.05, 4.69) is 5.16 Å². The Kier molecular flexibility index (Phi) is 4.40. The molecule has 1 aliphatic heterocycles. The quantitative estimate of drug-likeness (QED) is 0.691. The molecule has 0 radical (unpaired) electrons. The van der Waals surface area contributed by atoms with Crippen LogP contribution in [0.15, 0.2) is 47.6 Å². The fourth-order valence-corrected chi connectivity index (χ4v) is 3.14. The van der Waals surface area contributed by atoms with Crippen LogP contribution in [0, 0.1) is 11.3 Å². The summed E-state index contributed by atoms with van der Waals surface area (Å²) in [5.74, 6) is 0. The molecule has 1 atom stereocenters. The molecule has 2 aromatic rings. The first-order valence-corrected chi connectivity index (χ1v) is 7.80. The zero-order valence-corrected chi connectivity index (χ0v) is 14.0. The first-order valence-electron chi connectivity index (χ1n) is 7.04. The molecule has 1 heterocycles. The zero-order valence-electron chi connectivity index (χ0n) is 12.4. The number of hydrogen-bond acceptors (Lipinski definition) is 3. The fourth-order valence-electron chi connectivity index (χ4n) is 2.61. The third kappa shape index (κ3) is 3.17. The third-order valence-corrected chi connectivity index (χ3v) is 4.28. The number of halogens is 5. The molecule has 25 heavy (non-hydrogen) atoms. The molecule has 0 saturated heterocycles.